The van der Waals surface area contributed by atoms with Crippen LogP contribution in [0.5, 0.6) is 5.88 Å². The monoisotopic (exact) mass is 530 g/mol. The Morgan fingerprint density at radius 2 is 1.51 bits per heavy atom. The van der Waals surface area contributed by atoms with Crippen LogP contribution in [0.1, 0.15) is 5.56 Å². The minimum Gasteiger partial charge on any atom is -0.356 e. The molecule has 4 aromatic rings. The molecule has 0 aliphatic heterocycles. The van der Waals surface area contributed by atoms with Crippen molar-refractivity contribution < 1.29 is 21.0 Å². The standard InChI is InChI=1S/C24H19ClN2O6S2/c1-16-22(17-11-13-20(14-12-17)34(2,29)30)23(33-35(31,32)21-9-4-3-5-10-21)26-27(24(16)28)19-8-6-7-18(25)15-19/h3-15H,1-2H3. The summed E-state index contributed by atoms with van der Waals surface area (Å²) in [6.45, 7) is 1.51. The predicted octanol–water partition coefficient (Wildman–Crippen LogP) is 4.03. The molecule has 0 aliphatic carbocycles. The number of sulfone groups is 1. The van der Waals surface area contributed by atoms with Gasteiger partial charge in [0.05, 0.1) is 16.1 Å². The molecule has 0 N–H and O–H groups in total. The summed E-state index contributed by atoms with van der Waals surface area (Å²) in [7, 11) is -7.77. The van der Waals surface area contributed by atoms with Crippen LogP contribution in [0.25, 0.3) is 16.8 Å². The van der Waals surface area contributed by atoms with Gasteiger partial charge < -0.3 is 4.18 Å². The maximum absolute atomic E-state index is 13.2. The molecule has 1 aromatic heterocycles. The van der Waals surface area contributed by atoms with Crippen LogP contribution in [0.4, 0.5) is 0 Å². The first kappa shape index (κ1) is 24.6. The summed E-state index contributed by atoms with van der Waals surface area (Å²) in [5.41, 5.74) is 0.402. The van der Waals surface area contributed by atoms with Crippen LogP contribution in [0.15, 0.2) is 93.4 Å². The van der Waals surface area contributed by atoms with Crippen molar-refractivity contribution in [1.82, 2.24) is 9.78 Å². The van der Waals surface area contributed by atoms with Crippen molar-refractivity contribution in [3.05, 3.63) is 99.8 Å². The second-order valence-electron chi connectivity index (χ2n) is 7.65. The molecule has 0 aliphatic rings. The van der Waals surface area contributed by atoms with E-state index >= 15 is 0 Å². The van der Waals surface area contributed by atoms with E-state index in [1.807, 2.05) is 0 Å². The highest BCUT2D eigenvalue weighted by atomic mass is 35.5. The zero-order chi connectivity index (χ0) is 25.4. The van der Waals surface area contributed by atoms with Crippen molar-refractivity contribution in [3.8, 4) is 22.7 Å². The molecule has 0 saturated heterocycles. The first-order valence-electron chi connectivity index (χ1n) is 10.2. The highest BCUT2D eigenvalue weighted by Crippen LogP contribution is 2.33. The third-order valence-corrected chi connectivity index (χ3v) is 7.73. The lowest BCUT2D eigenvalue weighted by molar-refractivity contribution is 0.467. The SMILES string of the molecule is Cc1c(-c2ccc(S(C)(=O)=O)cc2)c(OS(=O)(=O)c2ccccc2)nn(-c2cccc(Cl)c2)c1=O. The molecule has 0 saturated carbocycles. The van der Waals surface area contributed by atoms with Crippen molar-refractivity contribution >= 4 is 31.6 Å². The van der Waals surface area contributed by atoms with E-state index in [1.54, 1.807) is 36.4 Å². The van der Waals surface area contributed by atoms with Crippen molar-refractivity contribution in [2.45, 2.75) is 16.7 Å². The van der Waals surface area contributed by atoms with Gasteiger partial charge in [-0.3, -0.25) is 4.79 Å². The van der Waals surface area contributed by atoms with E-state index in [0.29, 0.717) is 16.3 Å². The van der Waals surface area contributed by atoms with Crippen LogP contribution in [0, 0.1) is 6.92 Å². The van der Waals surface area contributed by atoms with E-state index in [2.05, 4.69) is 5.10 Å². The van der Waals surface area contributed by atoms with E-state index < -0.39 is 25.5 Å². The molecule has 0 fully saturated rings. The maximum Gasteiger partial charge on any atom is 0.340 e. The van der Waals surface area contributed by atoms with Crippen LogP contribution >= 0.6 is 11.6 Å². The fourth-order valence-electron chi connectivity index (χ4n) is 3.40. The minimum atomic E-state index is -4.31. The summed E-state index contributed by atoms with van der Waals surface area (Å²) in [6.07, 6.45) is 1.07. The van der Waals surface area contributed by atoms with Gasteiger partial charge in [-0.1, -0.05) is 48.0 Å². The van der Waals surface area contributed by atoms with Gasteiger partial charge >= 0.3 is 10.1 Å². The van der Waals surface area contributed by atoms with Crippen LogP contribution in [0.3, 0.4) is 0 Å². The van der Waals surface area contributed by atoms with Crippen LogP contribution in [0.2, 0.25) is 5.02 Å². The average Bonchev–Trinajstić information content (AvgIpc) is 2.81. The van der Waals surface area contributed by atoms with Crippen molar-refractivity contribution in [2.75, 3.05) is 6.26 Å². The van der Waals surface area contributed by atoms with Gasteiger partial charge in [0.15, 0.2) is 9.84 Å². The predicted molar refractivity (Wildman–Crippen MR) is 132 cm³/mol. The molecular weight excluding hydrogens is 512 g/mol. The highest BCUT2D eigenvalue weighted by molar-refractivity contribution is 7.90. The summed E-state index contributed by atoms with van der Waals surface area (Å²) in [4.78, 5) is 13.2. The molecule has 1 heterocycles. The molecule has 0 unspecified atom stereocenters. The van der Waals surface area contributed by atoms with Crippen molar-refractivity contribution in [1.29, 1.82) is 0 Å². The third kappa shape index (κ3) is 5.14. The number of nitrogens with zero attached hydrogens (tertiary/aromatic N) is 2. The van der Waals surface area contributed by atoms with E-state index in [-0.39, 0.29) is 26.8 Å². The Labute approximate surface area is 207 Å². The van der Waals surface area contributed by atoms with Gasteiger partial charge in [0.2, 0.25) is 0 Å². The van der Waals surface area contributed by atoms with Gasteiger partial charge in [-0.2, -0.15) is 13.1 Å². The first-order chi connectivity index (χ1) is 16.5. The number of benzene rings is 3. The largest absolute Gasteiger partial charge is 0.356 e. The zero-order valence-electron chi connectivity index (χ0n) is 18.5. The average molecular weight is 531 g/mol. The lowest BCUT2D eigenvalue weighted by Gasteiger charge is -2.16. The molecule has 35 heavy (non-hydrogen) atoms. The number of aromatic nitrogens is 2. The summed E-state index contributed by atoms with van der Waals surface area (Å²) in [5, 5.41) is 4.58. The summed E-state index contributed by atoms with van der Waals surface area (Å²) < 4.78 is 56.2. The molecule has 3 aromatic carbocycles. The van der Waals surface area contributed by atoms with E-state index in [9.17, 15) is 21.6 Å². The Bertz CT molecular complexity index is 1680. The Morgan fingerprint density at radius 1 is 0.857 bits per heavy atom. The summed E-state index contributed by atoms with van der Waals surface area (Å²) in [5.74, 6) is -0.349. The van der Waals surface area contributed by atoms with E-state index in [1.165, 1.54) is 49.4 Å². The second-order valence-corrected chi connectivity index (χ2v) is 11.6. The molecule has 11 heteroatoms. The second kappa shape index (κ2) is 9.29. The van der Waals surface area contributed by atoms with E-state index in [4.69, 9.17) is 15.8 Å². The number of hydrogen-bond donors (Lipinski definition) is 0. The number of hydrogen-bond acceptors (Lipinski definition) is 7. The summed E-state index contributed by atoms with van der Waals surface area (Å²) in [6, 6.07) is 19.5. The lowest BCUT2D eigenvalue weighted by atomic mass is 10.0. The minimum absolute atomic E-state index is 0.0681. The van der Waals surface area contributed by atoms with Gasteiger partial charge in [-0.05, 0) is 55.0 Å². The normalized spacial score (nSPS) is 11.9. The third-order valence-electron chi connectivity index (χ3n) is 5.14. The Balaban J connectivity index is 1.96. The molecule has 0 atom stereocenters. The van der Waals surface area contributed by atoms with Gasteiger partial charge in [0.1, 0.15) is 4.90 Å². The molecule has 0 amide bonds. The Morgan fingerprint density at radius 3 is 2.11 bits per heavy atom. The molecule has 0 radical (unpaired) electrons. The molecular formula is C24H19ClN2O6S2. The quantitative estimate of drug-likeness (QED) is 0.346. The first-order valence-corrected chi connectivity index (χ1v) is 13.8. The van der Waals surface area contributed by atoms with Crippen molar-refractivity contribution in [3.63, 3.8) is 0 Å². The van der Waals surface area contributed by atoms with Gasteiger partial charge in [0.25, 0.3) is 11.4 Å². The Hall–Kier alpha value is -3.47. The van der Waals surface area contributed by atoms with Crippen molar-refractivity contribution in [2.24, 2.45) is 0 Å². The molecule has 4 rings (SSSR count). The van der Waals surface area contributed by atoms with Gasteiger partial charge in [-0.25, -0.2) is 8.42 Å². The van der Waals surface area contributed by atoms with Gasteiger partial charge in [0, 0.05) is 16.8 Å². The topological polar surface area (TPSA) is 112 Å². The smallest absolute Gasteiger partial charge is 0.340 e. The zero-order valence-corrected chi connectivity index (χ0v) is 20.9. The number of halogens is 1. The number of rotatable bonds is 6. The Kier molecular flexibility index (Phi) is 6.54. The van der Waals surface area contributed by atoms with Crippen LogP contribution < -0.4 is 9.74 Å². The van der Waals surface area contributed by atoms with E-state index in [0.717, 1.165) is 10.9 Å². The van der Waals surface area contributed by atoms with Gasteiger partial charge in [-0.15, -0.1) is 5.10 Å². The maximum atomic E-state index is 13.2. The molecule has 0 bridgehead atoms. The molecule has 8 nitrogen and oxygen atoms in total. The molecule has 180 valence electrons. The van der Waals surface area contributed by atoms with Crippen LogP contribution in [-0.4, -0.2) is 32.9 Å². The summed E-state index contributed by atoms with van der Waals surface area (Å²) >= 11 is 6.07. The van der Waals surface area contributed by atoms with Crippen LogP contribution in [-0.2, 0) is 20.0 Å². The highest BCUT2D eigenvalue weighted by Gasteiger charge is 2.25. The lowest BCUT2D eigenvalue weighted by Crippen LogP contribution is -2.26. The fourth-order valence-corrected chi connectivity index (χ4v) is 5.13. The molecule has 0 spiro atoms. The fraction of sp³-hybridized carbons (Fsp3) is 0.0833.